The highest BCUT2D eigenvalue weighted by molar-refractivity contribution is 5.97. The summed E-state index contributed by atoms with van der Waals surface area (Å²) in [7, 11) is 0. The van der Waals surface area contributed by atoms with Gasteiger partial charge in [0.05, 0.1) is 6.61 Å². The third-order valence-electron chi connectivity index (χ3n) is 4.12. The normalized spacial score (nSPS) is 11.9. The lowest BCUT2D eigenvalue weighted by atomic mass is 10.1. The fourth-order valence-corrected chi connectivity index (χ4v) is 2.65. The number of amides is 4. The summed E-state index contributed by atoms with van der Waals surface area (Å²) in [5.41, 5.74) is 5.58. The minimum absolute atomic E-state index is 0.116. The van der Waals surface area contributed by atoms with Gasteiger partial charge in [0, 0.05) is 12.2 Å². The Morgan fingerprint density at radius 1 is 1.06 bits per heavy atom. The molecule has 1 rings (SSSR count). The van der Waals surface area contributed by atoms with Crippen LogP contribution in [0.5, 0.6) is 0 Å². The molecule has 0 saturated heterocycles. The van der Waals surface area contributed by atoms with Crippen LogP contribution in [0.15, 0.2) is 24.3 Å². The van der Waals surface area contributed by atoms with E-state index in [4.69, 9.17) is 20.3 Å². The minimum atomic E-state index is -0.867. The molecule has 11 nitrogen and oxygen atoms in total. The average molecular weight is 467 g/mol. The van der Waals surface area contributed by atoms with Crippen LogP contribution in [-0.2, 0) is 30.5 Å². The quantitative estimate of drug-likeness (QED) is 0.268. The first-order valence-electron chi connectivity index (χ1n) is 10.6. The SMILES string of the molecule is CC(C)(C)OC(=O)NCCCC[C@H](NC(=O)COCC(N)=O)C(=O)Nc1ccc(CO)cc1. The molecular weight excluding hydrogens is 432 g/mol. The molecule has 0 spiro atoms. The number of aliphatic hydroxyl groups excluding tert-OH is 1. The topological polar surface area (TPSA) is 169 Å². The first-order chi connectivity index (χ1) is 15.5. The van der Waals surface area contributed by atoms with Crippen molar-refractivity contribution in [3.8, 4) is 0 Å². The Morgan fingerprint density at radius 3 is 2.30 bits per heavy atom. The molecule has 1 aromatic carbocycles. The summed E-state index contributed by atoms with van der Waals surface area (Å²) in [5.74, 6) is -1.71. The fourth-order valence-electron chi connectivity index (χ4n) is 2.65. The minimum Gasteiger partial charge on any atom is -0.444 e. The number of ether oxygens (including phenoxy) is 2. The highest BCUT2D eigenvalue weighted by atomic mass is 16.6. The van der Waals surface area contributed by atoms with E-state index in [1.54, 1.807) is 45.0 Å². The Labute approximate surface area is 193 Å². The van der Waals surface area contributed by atoms with E-state index in [1.165, 1.54) is 0 Å². The van der Waals surface area contributed by atoms with E-state index in [-0.39, 0.29) is 6.61 Å². The Morgan fingerprint density at radius 2 is 1.73 bits per heavy atom. The van der Waals surface area contributed by atoms with Gasteiger partial charge in [0.25, 0.3) is 0 Å². The molecule has 1 aromatic rings. The number of carbonyl (C=O) groups excluding carboxylic acids is 4. The van der Waals surface area contributed by atoms with E-state index >= 15 is 0 Å². The van der Waals surface area contributed by atoms with Crippen LogP contribution in [0.2, 0.25) is 0 Å². The second kappa shape index (κ2) is 14.1. The molecule has 0 heterocycles. The van der Waals surface area contributed by atoms with E-state index in [0.717, 1.165) is 0 Å². The Hall–Kier alpha value is -3.18. The van der Waals surface area contributed by atoms with Crippen molar-refractivity contribution in [2.45, 2.75) is 58.3 Å². The summed E-state index contributed by atoms with van der Waals surface area (Å²) < 4.78 is 10.0. The molecule has 0 bridgehead atoms. The zero-order valence-corrected chi connectivity index (χ0v) is 19.3. The lowest BCUT2D eigenvalue weighted by Crippen LogP contribution is -2.45. The van der Waals surface area contributed by atoms with Crippen molar-refractivity contribution >= 4 is 29.5 Å². The number of carbonyl (C=O) groups is 4. The lowest BCUT2D eigenvalue weighted by Gasteiger charge is -2.20. The first kappa shape index (κ1) is 27.9. The largest absolute Gasteiger partial charge is 0.444 e. The first-order valence-corrected chi connectivity index (χ1v) is 10.6. The van der Waals surface area contributed by atoms with Gasteiger partial charge >= 0.3 is 6.09 Å². The van der Waals surface area contributed by atoms with Crippen molar-refractivity contribution in [1.82, 2.24) is 10.6 Å². The van der Waals surface area contributed by atoms with Crippen molar-refractivity contribution < 1.29 is 33.8 Å². The van der Waals surface area contributed by atoms with Crippen LogP contribution in [0.1, 0.15) is 45.6 Å². The summed E-state index contributed by atoms with van der Waals surface area (Å²) in [6.45, 7) is 4.71. The van der Waals surface area contributed by atoms with E-state index < -0.39 is 48.7 Å². The molecule has 0 saturated carbocycles. The molecule has 33 heavy (non-hydrogen) atoms. The summed E-state index contributed by atoms with van der Waals surface area (Å²) in [6, 6.07) is 5.76. The smallest absolute Gasteiger partial charge is 0.407 e. The number of rotatable bonds is 13. The Balaban J connectivity index is 2.60. The average Bonchev–Trinajstić information content (AvgIpc) is 2.71. The zero-order chi connectivity index (χ0) is 24.9. The van der Waals surface area contributed by atoms with E-state index in [2.05, 4.69) is 16.0 Å². The van der Waals surface area contributed by atoms with Crippen LogP contribution in [0.3, 0.4) is 0 Å². The van der Waals surface area contributed by atoms with Crippen LogP contribution in [0.25, 0.3) is 0 Å². The van der Waals surface area contributed by atoms with Gasteiger partial charge in [0.1, 0.15) is 24.9 Å². The number of nitrogens with one attached hydrogen (secondary N) is 3. The van der Waals surface area contributed by atoms with Crippen molar-refractivity contribution in [3.63, 3.8) is 0 Å². The van der Waals surface area contributed by atoms with Crippen LogP contribution in [-0.4, -0.2) is 60.3 Å². The van der Waals surface area contributed by atoms with Gasteiger partial charge in [-0.2, -0.15) is 0 Å². The number of hydrogen-bond donors (Lipinski definition) is 5. The van der Waals surface area contributed by atoms with Gasteiger partial charge in [0.15, 0.2) is 0 Å². The number of hydrogen-bond acceptors (Lipinski definition) is 7. The number of anilines is 1. The molecule has 0 aliphatic carbocycles. The number of nitrogens with two attached hydrogens (primary N) is 1. The molecular formula is C22H34N4O7. The molecule has 0 aromatic heterocycles. The van der Waals surface area contributed by atoms with Crippen molar-refractivity contribution in [2.24, 2.45) is 5.73 Å². The summed E-state index contributed by atoms with van der Waals surface area (Å²) in [4.78, 5) is 47.3. The Kier molecular flexibility index (Phi) is 11.9. The lowest BCUT2D eigenvalue weighted by molar-refractivity contribution is -0.132. The number of primary amides is 1. The summed E-state index contributed by atoms with van der Waals surface area (Å²) in [6.07, 6.45) is 0.864. The van der Waals surface area contributed by atoms with Gasteiger partial charge in [-0.15, -0.1) is 0 Å². The van der Waals surface area contributed by atoms with Gasteiger partial charge in [-0.1, -0.05) is 12.1 Å². The van der Waals surface area contributed by atoms with Gasteiger partial charge in [-0.3, -0.25) is 14.4 Å². The summed E-state index contributed by atoms with van der Waals surface area (Å²) in [5, 5.41) is 17.1. The molecule has 0 aliphatic heterocycles. The van der Waals surface area contributed by atoms with E-state index in [9.17, 15) is 19.2 Å². The standard InChI is InChI=1S/C22H34N4O7/c1-22(2,3)33-21(31)24-11-5-4-6-17(26-19(29)14-32-13-18(23)28)20(30)25-16-9-7-15(12-27)8-10-16/h7-10,17,27H,4-6,11-14H2,1-3H3,(H2,23,28)(H,24,31)(H,25,30)(H,26,29)/t17-/m0/s1. The van der Waals surface area contributed by atoms with E-state index in [0.29, 0.717) is 37.1 Å². The molecule has 1 atom stereocenters. The number of benzene rings is 1. The monoisotopic (exact) mass is 466 g/mol. The predicted octanol–water partition coefficient (Wildman–Crippen LogP) is 0.799. The van der Waals surface area contributed by atoms with Crippen LogP contribution in [0.4, 0.5) is 10.5 Å². The second-order valence-electron chi connectivity index (χ2n) is 8.35. The van der Waals surface area contributed by atoms with Crippen LogP contribution in [0, 0.1) is 0 Å². The highest BCUT2D eigenvalue weighted by Crippen LogP contribution is 2.12. The number of unbranched alkanes of at least 4 members (excludes halogenated alkanes) is 1. The zero-order valence-electron chi connectivity index (χ0n) is 19.3. The van der Waals surface area contributed by atoms with Gasteiger partial charge < -0.3 is 36.3 Å². The molecule has 0 fully saturated rings. The van der Waals surface area contributed by atoms with Crippen molar-refractivity contribution in [2.75, 3.05) is 25.1 Å². The van der Waals surface area contributed by atoms with Gasteiger partial charge in [-0.25, -0.2) is 4.79 Å². The highest BCUT2D eigenvalue weighted by Gasteiger charge is 2.21. The van der Waals surface area contributed by atoms with Crippen molar-refractivity contribution in [3.05, 3.63) is 29.8 Å². The number of aliphatic hydroxyl groups is 1. The van der Waals surface area contributed by atoms with Crippen LogP contribution >= 0.6 is 0 Å². The second-order valence-corrected chi connectivity index (χ2v) is 8.35. The van der Waals surface area contributed by atoms with Gasteiger partial charge in [-0.05, 0) is 57.7 Å². The maximum absolute atomic E-state index is 12.7. The maximum atomic E-state index is 12.7. The Bertz CT molecular complexity index is 791. The van der Waals surface area contributed by atoms with Crippen LogP contribution < -0.4 is 21.7 Å². The molecule has 0 radical (unpaired) electrons. The van der Waals surface area contributed by atoms with Gasteiger partial charge in [0.2, 0.25) is 17.7 Å². The molecule has 4 amide bonds. The third-order valence-corrected chi connectivity index (χ3v) is 4.12. The molecule has 0 aliphatic rings. The maximum Gasteiger partial charge on any atom is 0.407 e. The summed E-state index contributed by atoms with van der Waals surface area (Å²) >= 11 is 0. The van der Waals surface area contributed by atoms with E-state index in [1.807, 2.05) is 0 Å². The third kappa shape index (κ3) is 13.1. The molecule has 184 valence electrons. The van der Waals surface area contributed by atoms with Crippen molar-refractivity contribution in [1.29, 1.82) is 0 Å². The molecule has 11 heteroatoms. The predicted molar refractivity (Wildman–Crippen MR) is 121 cm³/mol. The molecule has 0 unspecified atom stereocenters. The molecule has 6 N–H and O–H groups in total. The fraction of sp³-hybridized carbons (Fsp3) is 0.545. The number of alkyl carbamates (subject to hydrolysis) is 1.